The van der Waals surface area contributed by atoms with E-state index < -0.39 is 0 Å². The molecular weight excluding hydrogens is 324 g/mol. The lowest BCUT2D eigenvalue weighted by Gasteiger charge is -2.27. The normalized spacial score (nSPS) is 16.8. The van der Waals surface area contributed by atoms with Crippen LogP contribution in [0.15, 0.2) is 54.6 Å². The zero-order valence-electron chi connectivity index (χ0n) is 12.2. The van der Waals surface area contributed by atoms with E-state index in [9.17, 15) is 0 Å². The second kappa shape index (κ2) is 6.65. The number of alkyl halides is 1. The first kappa shape index (κ1) is 14.6. The Labute approximate surface area is 135 Å². The van der Waals surface area contributed by atoms with Gasteiger partial charge in [-0.1, -0.05) is 77.3 Å². The Kier molecular flexibility index (Phi) is 4.64. The summed E-state index contributed by atoms with van der Waals surface area (Å²) in [5.41, 5.74) is 2.72. The van der Waals surface area contributed by atoms with Crippen LogP contribution in [0.4, 0.5) is 0 Å². The van der Waals surface area contributed by atoms with Gasteiger partial charge in [0.05, 0.1) is 6.61 Å². The van der Waals surface area contributed by atoms with Crippen molar-refractivity contribution in [1.29, 1.82) is 0 Å². The van der Waals surface area contributed by atoms with Crippen LogP contribution in [0.25, 0.3) is 11.1 Å². The third-order valence-corrected chi connectivity index (χ3v) is 5.64. The summed E-state index contributed by atoms with van der Waals surface area (Å²) in [6.45, 7) is 0.808. The average molecular weight is 345 g/mol. The molecule has 0 unspecified atom stereocenters. The minimum Gasteiger partial charge on any atom is -0.492 e. The molecule has 21 heavy (non-hydrogen) atoms. The molecule has 2 aromatic rings. The van der Waals surface area contributed by atoms with Crippen LogP contribution < -0.4 is 4.74 Å². The van der Waals surface area contributed by atoms with E-state index in [1.807, 2.05) is 6.07 Å². The van der Waals surface area contributed by atoms with Crippen molar-refractivity contribution in [2.24, 2.45) is 5.41 Å². The molecule has 1 nitrogen and oxygen atoms in total. The van der Waals surface area contributed by atoms with Crippen molar-refractivity contribution in [2.45, 2.75) is 25.7 Å². The molecule has 0 radical (unpaired) electrons. The van der Waals surface area contributed by atoms with Gasteiger partial charge in [0.25, 0.3) is 0 Å². The van der Waals surface area contributed by atoms with Gasteiger partial charge in [-0.25, -0.2) is 0 Å². The third-order valence-electron chi connectivity index (χ3n) is 4.45. The average Bonchev–Trinajstić information content (AvgIpc) is 3.04. The van der Waals surface area contributed by atoms with E-state index in [0.717, 1.165) is 17.7 Å². The molecule has 0 atom stereocenters. The van der Waals surface area contributed by atoms with Crippen molar-refractivity contribution in [2.75, 3.05) is 11.9 Å². The Morgan fingerprint density at radius 2 is 1.57 bits per heavy atom. The van der Waals surface area contributed by atoms with Crippen LogP contribution >= 0.6 is 15.9 Å². The molecule has 1 aliphatic rings. The Morgan fingerprint density at radius 3 is 2.29 bits per heavy atom. The van der Waals surface area contributed by atoms with Crippen LogP contribution in [-0.2, 0) is 0 Å². The fourth-order valence-electron chi connectivity index (χ4n) is 3.12. The highest BCUT2D eigenvalue weighted by Gasteiger charge is 2.33. The van der Waals surface area contributed by atoms with E-state index in [-0.39, 0.29) is 0 Å². The number of benzene rings is 2. The molecule has 0 amide bonds. The Balaban J connectivity index is 1.80. The lowest BCUT2D eigenvalue weighted by Crippen LogP contribution is -2.27. The largest absolute Gasteiger partial charge is 0.492 e. The van der Waals surface area contributed by atoms with Gasteiger partial charge in [0.15, 0.2) is 0 Å². The molecule has 0 heterocycles. The molecule has 0 bridgehead atoms. The van der Waals surface area contributed by atoms with Gasteiger partial charge in [-0.15, -0.1) is 0 Å². The van der Waals surface area contributed by atoms with Gasteiger partial charge in [-0.2, -0.15) is 0 Å². The number of halogens is 1. The van der Waals surface area contributed by atoms with E-state index >= 15 is 0 Å². The van der Waals surface area contributed by atoms with Gasteiger partial charge in [0.2, 0.25) is 0 Å². The van der Waals surface area contributed by atoms with Crippen LogP contribution in [0.1, 0.15) is 25.7 Å². The van der Waals surface area contributed by atoms with Crippen molar-refractivity contribution in [3.8, 4) is 16.9 Å². The van der Waals surface area contributed by atoms with Crippen molar-refractivity contribution in [3.63, 3.8) is 0 Å². The maximum Gasteiger partial charge on any atom is 0.127 e. The molecule has 3 rings (SSSR count). The standard InChI is InChI=1S/C19H21BrO/c20-14-19(12-6-7-13-19)15-21-18-11-5-4-10-17(18)16-8-2-1-3-9-16/h1-5,8-11H,6-7,12-15H2. The van der Waals surface area contributed by atoms with Crippen LogP contribution in [0.3, 0.4) is 0 Å². The quantitative estimate of drug-likeness (QED) is 0.633. The zero-order valence-corrected chi connectivity index (χ0v) is 13.8. The molecule has 0 N–H and O–H groups in total. The summed E-state index contributed by atoms with van der Waals surface area (Å²) < 4.78 is 6.24. The first-order valence-electron chi connectivity index (χ1n) is 7.66. The summed E-state index contributed by atoms with van der Waals surface area (Å²) in [7, 11) is 0. The lowest BCUT2D eigenvalue weighted by molar-refractivity contribution is 0.174. The maximum absolute atomic E-state index is 6.24. The summed E-state index contributed by atoms with van der Waals surface area (Å²) in [5.74, 6) is 0.996. The van der Waals surface area contributed by atoms with Gasteiger partial charge < -0.3 is 4.74 Å². The Bertz CT molecular complexity index is 573. The van der Waals surface area contributed by atoms with Crippen molar-refractivity contribution >= 4 is 15.9 Å². The second-order valence-corrected chi connectivity index (χ2v) is 6.55. The maximum atomic E-state index is 6.24. The lowest BCUT2D eigenvalue weighted by atomic mass is 9.90. The number of rotatable bonds is 5. The molecule has 2 aromatic carbocycles. The molecular formula is C19H21BrO. The summed E-state index contributed by atoms with van der Waals surface area (Å²) in [6, 6.07) is 18.8. The predicted octanol–water partition coefficient (Wildman–Crippen LogP) is 5.69. The monoisotopic (exact) mass is 344 g/mol. The van der Waals surface area contributed by atoms with Crippen molar-refractivity contribution < 1.29 is 4.74 Å². The molecule has 1 fully saturated rings. The van der Waals surface area contributed by atoms with E-state index in [1.165, 1.54) is 36.8 Å². The second-order valence-electron chi connectivity index (χ2n) is 5.99. The zero-order chi connectivity index (χ0) is 14.5. The highest BCUT2D eigenvalue weighted by Crippen LogP contribution is 2.41. The summed E-state index contributed by atoms with van der Waals surface area (Å²) in [6.07, 6.45) is 5.20. The van der Waals surface area contributed by atoms with Crippen molar-refractivity contribution in [1.82, 2.24) is 0 Å². The first-order chi connectivity index (χ1) is 10.3. The van der Waals surface area contributed by atoms with Gasteiger partial charge in [-0.3, -0.25) is 0 Å². The highest BCUT2D eigenvalue weighted by atomic mass is 79.9. The first-order valence-corrected chi connectivity index (χ1v) is 8.78. The third kappa shape index (κ3) is 3.32. The molecule has 1 saturated carbocycles. The Hall–Kier alpha value is -1.28. The summed E-state index contributed by atoms with van der Waals surface area (Å²) in [4.78, 5) is 0. The number of hydrogen-bond acceptors (Lipinski definition) is 1. The van der Waals surface area contributed by atoms with Crippen LogP contribution in [0.5, 0.6) is 5.75 Å². The summed E-state index contributed by atoms with van der Waals surface area (Å²) >= 11 is 3.69. The summed E-state index contributed by atoms with van der Waals surface area (Å²) in [5, 5.41) is 1.04. The van der Waals surface area contributed by atoms with Gasteiger partial charge in [0.1, 0.15) is 5.75 Å². The van der Waals surface area contributed by atoms with Gasteiger partial charge in [0, 0.05) is 16.3 Å². The highest BCUT2D eigenvalue weighted by molar-refractivity contribution is 9.09. The number of para-hydroxylation sites is 1. The van der Waals surface area contributed by atoms with Gasteiger partial charge >= 0.3 is 0 Å². The minimum absolute atomic E-state index is 0.323. The molecule has 0 aromatic heterocycles. The molecule has 110 valence electrons. The van der Waals surface area contributed by atoms with Crippen molar-refractivity contribution in [3.05, 3.63) is 54.6 Å². The van der Waals surface area contributed by atoms with Crippen LogP contribution in [0.2, 0.25) is 0 Å². The van der Waals surface area contributed by atoms with E-state index in [4.69, 9.17) is 4.74 Å². The molecule has 0 saturated heterocycles. The van der Waals surface area contributed by atoms with E-state index in [0.29, 0.717) is 5.41 Å². The smallest absolute Gasteiger partial charge is 0.127 e. The number of hydrogen-bond donors (Lipinski definition) is 0. The molecule has 0 spiro atoms. The van der Waals surface area contributed by atoms with Crippen LogP contribution in [-0.4, -0.2) is 11.9 Å². The predicted molar refractivity (Wildman–Crippen MR) is 92.1 cm³/mol. The minimum atomic E-state index is 0.323. The topological polar surface area (TPSA) is 9.23 Å². The van der Waals surface area contributed by atoms with Gasteiger partial charge in [-0.05, 0) is 24.5 Å². The molecule has 2 heteroatoms. The Morgan fingerprint density at radius 1 is 0.905 bits per heavy atom. The molecule has 1 aliphatic carbocycles. The number of ether oxygens (including phenoxy) is 1. The van der Waals surface area contributed by atoms with E-state index in [1.54, 1.807) is 0 Å². The van der Waals surface area contributed by atoms with Crippen LogP contribution in [0, 0.1) is 5.41 Å². The fraction of sp³-hybridized carbons (Fsp3) is 0.368. The SMILES string of the molecule is BrCC1(COc2ccccc2-c2ccccc2)CCCC1. The fourth-order valence-corrected chi connectivity index (χ4v) is 3.84. The van der Waals surface area contributed by atoms with E-state index in [2.05, 4.69) is 64.5 Å². The molecule has 0 aliphatic heterocycles.